The van der Waals surface area contributed by atoms with Gasteiger partial charge in [0, 0.05) is 22.7 Å². The summed E-state index contributed by atoms with van der Waals surface area (Å²) in [5.41, 5.74) is 0.694. The summed E-state index contributed by atoms with van der Waals surface area (Å²) < 4.78 is 1.83. The van der Waals surface area contributed by atoms with Crippen molar-refractivity contribution in [1.29, 1.82) is 0 Å². The lowest BCUT2D eigenvalue weighted by Gasteiger charge is -2.26. The SMILES string of the molecule is CC(C)(CCC(=O)O)NC(=O)Cn1c2ccccc2c(=O)c2ccccc21. The standard InChI is InChI=1S/C21H22N2O4/c1-21(2,12-11-19(25)26)22-18(24)13-23-16-9-5-3-7-14(16)20(27)15-8-4-6-10-17(15)23/h3-10H,11-13H2,1-2H3,(H,22,24)(H,25,26). The number of hydrogen-bond donors (Lipinski definition) is 2. The van der Waals surface area contributed by atoms with Gasteiger partial charge in [0.05, 0.1) is 11.0 Å². The van der Waals surface area contributed by atoms with E-state index in [4.69, 9.17) is 5.11 Å². The second-order valence-electron chi connectivity index (χ2n) is 7.28. The van der Waals surface area contributed by atoms with Crippen molar-refractivity contribution in [2.24, 2.45) is 0 Å². The van der Waals surface area contributed by atoms with Crippen molar-refractivity contribution in [1.82, 2.24) is 9.88 Å². The Balaban J connectivity index is 1.98. The third-order valence-electron chi connectivity index (χ3n) is 4.62. The number of nitrogens with one attached hydrogen (secondary N) is 1. The molecule has 3 rings (SSSR count). The fourth-order valence-corrected chi connectivity index (χ4v) is 3.29. The zero-order valence-corrected chi connectivity index (χ0v) is 15.4. The van der Waals surface area contributed by atoms with Gasteiger partial charge in [-0.05, 0) is 44.5 Å². The average molecular weight is 366 g/mol. The zero-order chi connectivity index (χ0) is 19.6. The van der Waals surface area contributed by atoms with E-state index in [1.165, 1.54) is 0 Å². The second kappa shape index (κ2) is 7.23. The number of rotatable bonds is 6. The number of pyridine rings is 1. The third-order valence-corrected chi connectivity index (χ3v) is 4.62. The largest absolute Gasteiger partial charge is 0.481 e. The number of amides is 1. The maximum absolute atomic E-state index is 12.7. The van der Waals surface area contributed by atoms with Gasteiger partial charge in [-0.3, -0.25) is 14.4 Å². The van der Waals surface area contributed by atoms with Crippen molar-refractivity contribution in [2.45, 2.75) is 38.8 Å². The predicted octanol–water partition coefficient (Wildman–Crippen LogP) is 2.91. The maximum atomic E-state index is 12.7. The van der Waals surface area contributed by atoms with Crippen LogP contribution in [-0.2, 0) is 16.1 Å². The van der Waals surface area contributed by atoms with Gasteiger partial charge >= 0.3 is 5.97 Å². The minimum Gasteiger partial charge on any atom is -0.481 e. The zero-order valence-electron chi connectivity index (χ0n) is 15.4. The molecule has 0 saturated heterocycles. The molecule has 0 spiro atoms. The number of aromatic nitrogens is 1. The van der Waals surface area contributed by atoms with Crippen LogP contribution in [0.4, 0.5) is 0 Å². The normalized spacial score (nSPS) is 11.6. The summed E-state index contributed by atoms with van der Waals surface area (Å²) in [5.74, 6) is -1.13. The van der Waals surface area contributed by atoms with Gasteiger partial charge in [0.2, 0.25) is 5.91 Å². The quantitative estimate of drug-likeness (QED) is 0.657. The molecule has 1 amide bonds. The molecule has 0 saturated carbocycles. The minimum atomic E-state index is -0.894. The van der Waals surface area contributed by atoms with E-state index in [0.29, 0.717) is 28.2 Å². The first-order chi connectivity index (χ1) is 12.8. The van der Waals surface area contributed by atoms with E-state index in [1.807, 2.05) is 28.8 Å². The Morgan fingerprint density at radius 2 is 1.52 bits per heavy atom. The number of fused-ring (bicyclic) bond motifs is 2. The van der Waals surface area contributed by atoms with Crippen molar-refractivity contribution >= 4 is 33.7 Å². The van der Waals surface area contributed by atoms with Gasteiger partial charge in [-0.1, -0.05) is 24.3 Å². The molecular formula is C21H22N2O4. The molecule has 3 aromatic rings. The molecule has 0 aliphatic rings. The Kier molecular flexibility index (Phi) is 4.99. The molecule has 0 radical (unpaired) electrons. The molecule has 140 valence electrons. The van der Waals surface area contributed by atoms with Crippen LogP contribution < -0.4 is 10.7 Å². The number of carbonyl (C=O) groups is 2. The highest BCUT2D eigenvalue weighted by Crippen LogP contribution is 2.19. The van der Waals surface area contributed by atoms with Crippen molar-refractivity contribution in [3.05, 3.63) is 58.8 Å². The lowest BCUT2D eigenvalue weighted by molar-refractivity contribution is -0.137. The van der Waals surface area contributed by atoms with Gasteiger partial charge in [0.1, 0.15) is 6.54 Å². The number of carboxylic acid groups (broad SMARTS) is 1. The van der Waals surface area contributed by atoms with Crippen molar-refractivity contribution in [2.75, 3.05) is 0 Å². The molecule has 2 N–H and O–H groups in total. The molecule has 6 nitrogen and oxygen atoms in total. The minimum absolute atomic E-state index is 0.0167. The van der Waals surface area contributed by atoms with E-state index >= 15 is 0 Å². The highest BCUT2D eigenvalue weighted by molar-refractivity contribution is 5.94. The van der Waals surface area contributed by atoms with Crippen molar-refractivity contribution in [3.8, 4) is 0 Å². The molecule has 0 unspecified atom stereocenters. The second-order valence-corrected chi connectivity index (χ2v) is 7.28. The van der Waals surface area contributed by atoms with E-state index in [-0.39, 0.29) is 24.3 Å². The van der Waals surface area contributed by atoms with Crippen LogP contribution in [0.2, 0.25) is 0 Å². The lowest BCUT2D eigenvalue weighted by atomic mass is 9.98. The number of aliphatic carboxylic acids is 1. The number of carbonyl (C=O) groups excluding carboxylic acids is 1. The first kappa shape index (κ1) is 18.6. The molecule has 27 heavy (non-hydrogen) atoms. The predicted molar refractivity (Wildman–Crippen MR) is 105 cm³/mol. The fraction of sp³-hybridized carbons (Fsp3) is 0.286. The van der Waals surface area contributed by atoms with Crippen molar-refractivity contribution < 1.29 is 14.7 Å². The van der Waals surface area contributed by atoms with Gasteiger partial charge in [0.25, 0.3) is 0 Å². The van der Waals surface area contributed by atoms with Crippen LogP contribution in [0.1, 0.15) is 26.7 Å². The summed E-state index contributed by atoms with van der Waals surface area (Å²) in [6.07, 6.45) is 0.316. The average Bonchev–Trinajstić information content (AvgIpc) is 2.63. The van der Waals surface area contributed by atoms with Gasteiger partial charge in [-0.2, -0.15) is 0 Å². The summed E-state index contributed by atoms with van der Waals surface area (Å²) >= 11 is 0. The van der Waals surface area contributed by atoms with Crippen LogP contribution >= 0.6 is 0 Å². The van der Waals surface area contributed by atoms with Crippen LogP contribution in [0.15, 0.2) is 53.3 Å². The van der Waals surface area contributed by atoms with Crippen LogP contribution in [0, 0.1) is 0 Å². The summed E-state index contributed by atoms with van der Waals surface area (Å²) in [4.78, 5) is 36.2. The van der Waals surface area contributed by atoms with E-state index < -0.39 is 11.5 Å². The molecular weight excluding hydrogens is 344 g/mol. The number of carboxylic acids is 1. The summed E-state index contributed by atoms with van der Waals surface area (Å²) in [7, 11) is 0. The summed E-state index contributed by atoms with van der Waals surface area (Å²) in [5, 5.41) is 12.9. The van der Waals surface area contributed by atoms with E-state index in [2.05, 4.69) is 5.32 Å². The highest BCUT2D eigenvalue weighted by Gasteiger charge is 2.22. The molecule has 0 aliphatic carbocycles. The van der Waals surface area contributed by atoms with Crippen LogP contribution in [0.5, 0.6) is 0 Å². The molecule has 6 heteroatoms. The van der Waals surface area contributed by atoms with E-state index in [0.717, 1.165) is 0 Å². The molecule has 1 aromatic heterocycles. The van der Waals surface area contributed by atoms with Crippen LogP contribution in [-0.4, -0.2) is 27.1 Å². The topological polar surface area (TPSA) is 88.4 Å². The first-order valence-corrected chi connectivity index (χ1v) is 8.81. The molecule has 1 heterocycles. The molecule has 0 fully saturated rings. The Morgan fingerprint density at radius 1 is 1.00 bits per heavy atom. The van der Waals surface area contributed by atoms with Gasteiger partial charge in [-0.15, -0.1) is 0 Å². The Labute approximate surface area is 156 Å². The number of benzene rings is 2. The Hall–Kier alpha value is -3.15. The number of nitrogens with zero attached hydrogens (tertiary/aromatic N) is 1. The molecule has 0 atom stereocenters. The van der Waals surface area contributed by atoms with Crippen molar-refractivity contribution in [3.63, 3.8) is 0 Å². The van der Waals surface area contributed by atoms with E-state index in [9.17, 15) is 14.4 Å². The smallest absolute Gasteiger partial charge is 0.303 e. The lowest BCUT2D eigenvalue weighted by Crippen LogP contribution is -2.45. The monoisotopic (exact) mass is 366 g/mol. The number of hydrogen-bond acceptors (Lipinski definition) is 3. The molecule has 0 bridgehead atoms. The van der Waals surface area contributed by atoms with Gasteiger partial charge in [0.15, 0.2) is 5.43 Å². The molecule has 0 aliphatic heterocycles. The number of para-hydroxylation sites is 2. The van der Waals surface area contributed by atoms with Gasteiger partial charge in [-0.25, -0.2) is 0 Å². The molecule has 2 aromatic carbocycles. The maximum Gasteiger partial charge on any atom is 0.303 e. The first-order valence-electron chi connectivity index (χ1n) is 8.81. The Morgan fingerprint density at radius 3 is 2.04 bits per heavy atom. The van der Waals surface area contributed by atoms with E-state index in [1.54, 1.807) is 38.1 Å². The summed E-state index contributed by atoms with van der Waals surface area (Å²) in [6.45, 7) is 3.64. The van der Waals surface area contributed by atoms with Gasteiger partial charge < -0.3 is 15.0 Å². The Bertz CT molecular complexity index is 1020. The fourth-order valence-electron chi connectivity index (χ4n) is 3.29. The highest BCUT2D eigenvalue weighted by atomic mass is 16.4. The van der Waals surface area contributed by atoms with Crippen LogP contribution in [0.25, 0.3) is 21.8 Å². The third kappa shape index (κ3) is 4.00. The van der Waals surface area contributed by atoms with Crippen LogP contribution in [0.3, 0.4) is 0 Å². The summed E-state index contributed by atoms with van der Waals surface area (Å²) in [6, 6.07) is 14.4.